The summed E-state index contributed by atoms with van der Waals surface area (Å²) in [5.41, 5.74) is -1.60. The van der Waals surface area contributed by atoms with Crippen LogP contribution in [-0.4, -0.2) is 88.5 Å². The standard InChI is InChI=1S/C32H26N2O10.C6H6N2O3/c1-40-32(39)24-27(35)34(18-17-33-24)28-26(44-31(38)22-15-9-4-10-16-22)25(43-30(37)21-13-7-3-8-14-21)23(42-28)19-41-29(36)20-11-5-2-6-12-20;1-11-6(10)4-5(9)8-3-2-7-4/h2-18,23,25-26,28H,19H2,1H3;2-3H,1H3,(H,8,9)/t23-,25-,26-,28-;/m1./s1. The maximum absolute atomic E-state index is 13.4. The third kappa shape index (κ3) is 9.59. The van der Waals surface area contributed by atoms with E-state index in [0.29, 0.717) is 0 Å². The van der Waals surface area contributed by atoms with Gasteiger partial charge in [-0.15, -0.1) is 0 Å². The van der Waals surface area contributed by atoms with Gasteiger partial charge in [0.15, 0.2) is 18.4 Å². The molecule has 17 nitrogen and oxygen atoms in total. The Morgan fingerprint density at radius 2 is 1.15 bits per heavy atom. The first-order chi connectivity index (χ1) is 26.6. The van der Waals surface area contributed by atoms with Gasteiger partial charge in [-0.25, -0.2) is 33.9 Å². The lowest BCUT2D eigenvalue weighted by Crippen LogP contribution is -2.42. The Morgan fingerprint density at radius 1 is 0.655 bits per heavy atom. The first-order valence-corrected chi connectivity index (χ1v) is 16.3. The molecule has 0 unspecified atom stereocenters. The summed E-state index contributed by atoms with van der Waals surface area (Å²) >= 11 is 0. The molecule has 0 bridgehead atoms. The minimum Gasteiger partial charge on any atom is -0.464 e. The second-order valence-electron chi connectivity index (χ2n) is 11.2. The van der Waals surface area contributed by atoms with Crippen LogP contribution >= 0.6 is 0 Å². The minimum atomic E-state index is -1.44. The number of aromatic nitrogens is 4. The van der Waals surface area contributed by atoms with Gasteiger partial charge in [0.2, 0.25) is 11.4 Å². The molecular formula is C38H32N4O13. The van der Waals surface area contributed by atoms with Crippen molar-refractivity contribution in [1.82, 2.24) is 19.5 Å². The summed E-state index contributed by atoms with van der Waals surface area (Å²) in [7, 11) is 2.28. The molecule has 0 saturated carbocycles. The molecule has 1 N–H and O–H groups in total. The van der Waals surface area contributed by atoms with E-state index in [1.807, 2.05) is 0 Å². The van der Waals surface area contributed by atoms with Crippen molar-refractivity contribution < 1.29 is 52.4 Å². The normalized spacial score (nSPS) is 17.1. The zero-order chi connectivity index (χ0) is 39.3. The monoisotopic (exact) mass is 752 g/mol. The van der Waals surface area contributed by atoms with Crippen molar-refractivity contribution >= 4 is 29.8 Å². The Labute approximate surface area is 311 Å². The predicted octanol–water partition coefficient (Wildman–Crippen LogP) is 2.79. The van der Waals surface area contributed by atoms with Crippen molar-refractivity contribution in [3.05, 3.63) is 165 Å². The minimum absolute atomic E-state index is 0.177. The van der Waals surface area contributed by atoms with E-state index in [0.717, 1.165) is 11.7 Å². The average molecular weight is 753 g/mol. The van der Waals surface area contributed by atoms with Gasteiger partial charge < -0.3 is 33.4 Å². The highest BCUT2D eigenvalue weighted by Crippen LogP contribution is 2.35. The molecule has 5 aromatic rings. The number of rotatable bonds is 10. The zero-order valence-corrected chi connectivity index (χ0v) is 29.1. The van der Waals surface area contributed by atoms with Crippen molar-refractivity contribution in [3.63, 3.8) is 0 Å². The summed E-state index contributed by atoms with van der Waals surface area (Å²) in [6, 6.07) is 24.3. The fourth-order valence-corrected chi connectivity index (χ4v) is 5.14. The van der Waals surface area contributed by atoms with Crippen LogP contribution in [0.2, 0.25) is 0 Å². The van der Waals surface area contributed by atoms with Crippen LogP contribution in [0.1, 0.15) is 58.3 Å². The summed E-state index contributed by atoms with van der Waals surface area (Å²) < 4.78 is 33.2. The van der Waals surface area contributed by atoms with Crippen molar-refractivity contribution in [2.24, 2.45) is 0 Å². The topological polar surface area (TPSA) is 221 Å². The van der Waals surface area contributed by atoms with Gasteiger partial charge >= 0.3 is 29.8 Å². The number of carbonyl (C=O) groups excluding carboxylic acids is 5. The molecule has 4 atom stereocenters. The van der Waals surface area contributed by atoms with E-state index in [2.05, 4.69) is 24.4 Å². The van der Waals surface area contributed by atoms with E-state index < -0.39 is 77.8 Å². The third-order valence-corrected chi connectivity index (χ3v) is 7.79. The third-order valence-electron chi connectivity index (χ3n) is 7.79. The van der Waals surface area contributed by atoms with E-state index >= 15 is 0 Å². The Balaban J connectivity index is 0.000000454. The maximum Gasteiger partial charge on any atom is 0.362 e. The highest BCUT2D eigenvalue weighted by atomic mass is 16.7. The number of ether oxygens (including phenoxy) is 6. The van der Waals surface area contributed by atoms with Gasteiger partial charge in [-0.3, -0.25) is 14.2 Å². The van der Waals surface area contributed by atoms with Crippen LogP contribution in [0.4, 0.5) is 0 Å². The Morgan fingerprint density at radius 3 is 1.67 bits per heavy atom. The van der Waals surface area contributed by atoms with Gasteiger partial charge in [-0.05, 0) is 36.4 Å². The van der Waals surface area contributed by atoms with Crippen molar-refractivity contribution in [2.45, 2.75) is 24.5 Å². The second-order valence-corrected chi connectivity index (χ2v) is 11.2. The highest BCUT2D eigenvalue weighted by molar-refractivity contribution is 5.91. The molecule has 1 fully saturated rings. The van der Waals surface area contributed by atoms with E-state index in [9.17, 15) is 33.6 Å². The number of H-pyrrole nitrogens is 1. The zero-order valence-electron chi connectivity index (χ0n) is 29.1. The summed E-state index contributed by atoms with van der Waals surface area (Å²) in [5, 5.41) is 0. The molecule has 3 aromatic carbocycles. The van der Waals surface area contributed by atoms with Crippen molar-refractivity contribution in [2.75, 3.05) is 20.8 Å². The van der Waals surface area contributed by atoms with Gasteiger partial charge in [-0.1, -0.05) is 54.6 Å². The Bertz CT molecular complexity index is 2250. The number of hydrogen-bond donors (Lipinski definition) is 1. The van der Waals surface area contributed by atoms with Gasteiger partial charge in [0.1, 0.15) is 12.7 Å². The summed E-state index contributed by atoms with van der Waals surface area (Å²) in [6.07, 6.45) is -0.418. The summed E-state index contributed by atoms with van der Waals surface area (Å²) in [4.78, 5) is 96.0. The molecule has 0 spiro atoms. The number of nitrogens with zero attached hydrogens (tertiary/aromatic N) is 3. The second kappa shape index (κ2) is 18.5. The highest BCUT2D eigenvalue weighted by Gasteiger charge is 2.52. The molecule has 17 heteroatoms. The molecule has 0 radical (unpaired) electrons. The lowest BCUT2D eigenvalue weighted by Gasteiger charge is -2.25. The van der Waals surface area contributed by atoms with E-state index in [4.69, 9.17) is 18.9 Å². The molecule has 1 saturated heterocycles. The van der Waals surface area contributed by atoms with Crippen molar-refractivity contribution in [1.29, 1.82) is 0 Å². The molecule has 0 aliphatic carbocycles. The maximum atomic E-state index is 13.4. The van der Waals surface area contributed by atoms with Crippen LogP contribution in [0.3, 0.4) is 0 Å². The number of carbonyl (C=O) groups is 5. The number of nitrogens with one attached hydrogen (secondary N) is 1. The van der Waals surface area contributed by atoms with Crippen LogP contribution in [0.5, 0.6) is 0 Å². The fraction of sp³-hybridized carbons (Fsp3) is 0.184. The van der Waals surface area contributed by atoms with Gasteiger partial charge in [0.05, 0.1) is 30.9 Å². The van der Waals surface area contributed by atoms with Gasteiger partial charge in [-0.2, -0.15) is 0 Å². The predicted molar refractivity (Wildman–Crippen MR) is 188 cm³/mol. The van der Waals surface area contributed by atoms with Gasteiger partial charge in [0, 0.05) is 24.8 Å². The first kappa shape index (κ1) is 38.9. The summed E-state index contributed by atoms with van der Waals surface area (Å²) in [5.74, 6) is -4.00. The van der Waals surface area contributed by atoms with Crippen LogP contribution in [0.15, 0.2) is 125 Å². The van der Waals surface area contributed by atoms with Gasteiger partial charge in [0.25, 0.3) is 11.1 Å². The average Bonchev–Trinajstić information content (AvgIpc) is 3.55. The van der Waals surface area contributed by atoms with Crippen LogP contribution < -0.4 is 11.1 Å². The largest absolute Gasteiger partial charge is 0.464 e. The Hall–Kier alpha value is -7.27. The number of hydrogen-bond acceptors (Lipinski definition) is 15. The Kier molecular flexibility index (Phi) is 13.1. The molecule has 3 heterocycles. The molecular weight excluding hydrogens is 720 g/mol. The SMILES string of the molecule is COC(=O)c1ncc[nH]c1=O.COC(=O)c1nccn([C@@H]2O[C@H](COC(=O)c3ccccc3)[C@@H](OC(=O)c3ccccc3)[C@H]2OC(=O)c2ccccc2)c1=O. The van der Waals surface area contributed by atoms with E-state index in [-0.39, 0.29) is 22.4 Å². The van der Waals surface area contributed by atoms with Crippen LogP contribution in [0, 0.1) is 0 Å². The molecule has 282 valence electrons. The number of methoxy groups -OCH3 is 2. The molecule has 1 aliphatic rings. The lowest BCUT2D eigenvalue weighted by molar-refractivity contribution is -0.0637. The molecule has 2 aromatic heterocycles. The molecule has 55 heavy (non-hydrogen) atoms. The fourth-order valence-electron chi connectivity index (χ4n) is 5.14. The molecule has 0 amide bonds. The van der Waals surface area contributed by atoms with Crippen molar-refractivity contribution in [3.8, 4) is 0 Å². The summed E-state index contributed by atoms with van der Waals surface area (Å²) in [6.45, 7) is -0.444. The smallest absolute Gasteiger partial charge is 0.362 e. The number of aromatic amines is 1. The molecule has 6 rings (SSSR count). The quantitative estimate of drug-likeness (QED) is 0.160. The number of esters is 5. The van der Waals surface area contributed by atoms with Crippen LogP contribution in [-0.2, 0) is 28.4 Å². The van der Waals surface area contributed by atoms with E-state index in [1.165, 1.54) is 56.2 Å². The number of benzene rings is 3. The van der Waals surface area contributed by atoms with E-state index in [1.54, 1.807) is 66.7 Å². The lowest BCUT2D eigenvalue weighted by atomic mass is 10.1. The van der Waals surface area contributed by atoms with Crippen LogP contribution in [0.25, 0.3) is 0 Å². The first-order valence-electron chi connectivity index (χ1n) is 16.3. The molecule has 1 aliphatic heterocycles.